The molecule has 0 bridgehead atoms. The first-order valence-electron chi connectivity index (χ1n) is 11.6. The maximum Gasteiger partial charge on any atom is 0.253 e. The third-order valence-corrected chi connectivity index (χ3v) is 7.99. The number of likely N-dealkylation sites (N-methyl/N-ethyl adjacent to an activating group) is 1. The fourth-order valence-electron chi connectivity index (χ4n) is 6.75. The SMILES string of the molecule is CCN1C(=O)[C@]2(c3ccccc31)[C@H]1C(=O)N(c3ccc(C(C)=O)cc3)C(=O)[C@@H]1[C@H]1CCCN12. The summed E-state index contributed by atoms with van der Waals surface area (Å²) in [6.07, 6.45) is 1.69. The number of imide groups is 1. The van der Waals surface area contributed by atoms with Crippen LogP contribution in [-0.4, -0.2) is 47.5 Å². The van der Waals surface area contributed by atoms with E-state index in [9.17, 15) is 19.2 Å². The van der Waals surface area contributed by atoms with Crippen molar-refractivity contribution in [3.63, 3.8) is 0 Å². The van der Waals surface area contributed by atoms with Gasteiger partial charge in [-0.2, -0.15) is 0 Å². The van der Waals surface area contributed by atoms with Crippen LogP contribution in [0.2, 0.25) is 0 Å². The first-order chi connectivity index (χ1) is 15.9. The normalized spacial score (nSPS) is 30.4. The average molecular weight is 444 g/mol. The highest BCUT2D eigenvalue weighted by atomic mass is 16.2. The van der Waals surface area contributed by atoms with E-state index in [1.165, 1.54) is 11.8 Å². The van der Waals surface area contributed by atoms with Crippen LogP contribution < -0.4 is 9.80 Å². The van der Waals surface area contributed by atoms with Gasteiger partial charge in [-0.3, -0.25) is 24.1 Å². The number of benzene rings is 2. The number of Topliss-reactive ketones (excluding diaryl/α,β-unsaturated/α-hetero) is 1. The molecule has 0 N–H and O–H groups in total. The standard InChI is InChI=1S/C26H25N3O4/c1-3-27-19-8-5-4-7-18(19)26(25(27)33)22-21(20-9-6-14-28(20)26)23(31)29(24(22)32)17-12-10-16(11-13-17)15(2)30/h4-5,7-8,10-13,20-22H,3,6,9,14H2,1-2H3/t20-,21-,22-,26+/m1/s1. The number of para-hydroxylation sites is 1. The zero-order valence-electron chi connectivity index (χ0n) is 18.7. The number of nitrogens with zero attached hydrogens (tertiary/aromatic N) is 3. The quantitative estimate of drug-likeness (QED) is 0.539. The van der Waals surface area contributed by atoms with E-state index in [0.29, 0.717) is 24.3 Å². The van der Waals surface area contributed by atoms with Crippen molar-refractivity contribution in [1.29, 1.82) is 0 Å². The number of fused-ring (bicyclic) bond motifs is 7. The number of carbonyl (C=O) groups excluding carboxylic acids is 4. The molecule has 6 rings (SSSR count). The molecule has 2 aromatic rings. The van der Waals surface area contributed by atoms with Crippen molar-refractivity contribution in [3.8, 4) is 0 Å². The van der Waals surface area contributed by atoms with Crippen LogP contribution in [0.3, 0.4) is 0 Å². The maximum atomic E-state index is 14.1. The van der Waals surface area contributed by atoms with Crippen LogP contribution >= 0.6 is 0 Å². The van der Waals surface area contributed by atoms with E-state index in [1.807, 2.05) is 31.2 Å². The fraction of sp³-hybridized carbons (Fsp3) is 0.385. The molecule has 7 nitrogen and oxygen atoms in total. The predicted molar refractivity (Wildman–Crippen MR) is 122 cm³/mol. The lowest BCUT2D eigenvalue weighted by atomic mass is 9.75. The Morgan fingerprint density at radius 1 is 1.03 bits per heavy atom. The minimum Gasteiger partial charge on any atom is -0.310 e. The lowest BCUT2D eigenvalue weighted by Gasteiger charge is -2.37. The van der Waals surface area contributed by atoms with Gasteiger partial charge in [-0.25, -0.2) is 4.90 Å². The molecule has 4 aliphatic heterocycles. The molecule has 0 saturated carbocycles. The van der Waals surface area contributed by atoms with Crippen molar-refractivity contribution in [3.05, 3.63) is 59.7 Å². The summed E-state index contributed by atoms with van der Waals surface area (Å²) in [7, 11) is 0. The first kappa shape index (κ1) is 20.3. The fourth-order valence-corrected chi connectivity index (χ4v) is 6.75. The molecule has 33 heavy (non-hydrogen) atoms. The Balaban J connectivity index is 1.52. The van der Waals surface area contributed by atoms with E-state index in [2.05, 4.69) is 4.90 Å². The number of hydrogen-bond donors (Lipinski definition) is 0. The lowest BCUT2D eigenvalue weighted by Crippen LogP contribution is -2.56. The van der Waals surface area contributed by atoms with Gasteiger partial charge in [-0.1, -0.05) is 18.2 Å². The first-order valence-corrected chi connectivity index (χ1v) is 11.6. The summed E-state index contributed by atoms with van der Waals surface area (Å²) in [6.45, 7) is 4.62. The van der Waals surface area contributed by atoms with Crippen molar-refractivity contribution < 1.29 is 19.2 Å². The second-order valence-corrected chi connectivity index (χ2v) is 9.35. The number of ketones is 1. The molecule has 0 aliphatic carbocycles. The predicted octanol–water partition coefficient (Wildman–Crippen LogP) is 2.73. The van der Waals surface area contributed by atoms with Crippen molar-refractivity contribution >= 4 is 34.9 Å². The second-order valence-electron chi connectivity index (χ2n) is 9.35. The Hall–Kier alpha value is -3.32. The van der Waals surface area contributed by atoms with E-state index in [-0.39, 0.29) is 29.5 Å². The van der Waals surface area contributed by atoms with Gasteiger partial charge >= 0.3 is 0 Å². The molecule has 1 spiro atoms. The van der Waals surface area contributed by atoms with Crippen LogP contribution in [0.5, 0.6) is 0 Å². The van der Waals surface area contributed by atoms with E-state index in [1.54, 1.807) is 29.2 Å². The van der Waals surface area contributed by atoms with Gasteiger partial charge in [0.2, 0.25) is 11.8 Å². The monoisotopic (exact) mass is 443 g/mol. The lowest BCUT2D eigenvalue weighted by molar-refractivity contribution is -0.137. The summed E-state index contributed by atoms with van der Waals surface area (Å²) >= 11 is 0. The van der Waals surface area contributed by atoms with Crippen molar-refractivity contribution in [2.75, 3.05) is 22.9 Å². The molecular formula is C26H25N3O4. The van der Waals surface area contributed by atoms with E-state index >= 15 is 0 Å². The van der Waals surface area contributed by atoms with E-state index < -0.39 is 17.4 Å². The minimum absolute atomic E-state index is 0.0779. The summed E-state index contributed by atoms with van der Waals surface area (Å²) in [5, 5.41) is 0. The molecular weight excluding hydrogens is 418 g/mol. The zero-order chi connectivity index (χ0) is 23.1. The number of carbonyl (C=O) groups is 4. The second kappa shape index (κ2) is 6.84. The third kappa shape index (κ3) is 2.33. The highest BCUT2D eigenvalue weighted by Crippen LogP contribution is 2.61. The Labute approximate surface area is 191 Å². The highest BCUT2D eigenvalue weighted by molar-refractivity contribution is 6.26. The Morgan fingerprint density at radius 2 is 1.76 bits per heavy atom. The summed E-state index contributed by atoms with van der Waals surface area (Å²) < 4.78 is 0. The molecule has 7 heteroatoms. The van der Waals surface area contributed by atoms with Crippen molar-refractivity contribution in [2.24, 2.45) is 11.8 Å². The summed E-state index contributed by atoms with van der Waals surface area (Å²) in [4.78, 5) is 58.7. The average Bonchev–Trinajstić information content (AvgIpc) is 3.51. The summed E-state index contributed by atoms with van der Waals surface area (Å²) in [5.41, 5.74) is 1.51. The summed E-state index contributed by atoms with van der Waals surface area (Å²) in [6, 6.07) is 14.1. The summed E-state index contributed by atoms with van der Waals surface area (Å²) in [5.74, 6) is -2.05. The molecule has 3 saturated heterocycles. The van der Waals surface area contributed by atoms with E-state index in [0.717, 1.165) is 24.1 Å². The van der Waals surface area contributed by atoms with Gasteiger partial charge in [0.05, 0.1) is 17.5 Å². The number of amides is 3. The van der Waals surface area contributed by atoms with Crippen LogP contribution in [0.25, 0.3) is 0 Å². The molecule has 0 aromatic heterocycles. The molecule has 2 aromatic carbocycles. The van der Waals surface area contributed by atoms with Gasteiger partial charge in [-0.15, -0.1) is 0 Å². The van der Waals surface area contributed by atoms with Crippen LogP contribution in [0.1, 0.15) is 42.6 Å². The topological polar surface area (TPSA) is 78.0 Å². The Kier molecular flexibility index (Phi) is 4.21. The molecule has 3 fully saturated rings. The molecule has 4 aliphatic rings. The van der Waals surface area contributed by atoms with Gasteiger partial charge in [-0.05, 0) is 63.6 Å². The van der Waals surface area contributed by atoms with Gasteiger partial charge in [0.25, 0.3) is 5.91 Å². The number of anilines is 2. The smallest absolute Gasteiger partial charge is 0.253 e. The van der Waals surface area contributed by atoms with Gasteiger partial charge in [0, 0.05) is 29.4 Å². The zero-order valence-corrected chi connectivity index (χ0v) is 18.7. The van der Waals surface area contributed by atoms with Crippen LogP contribution in [-0.2, 0) is 19.9 Å². The van der Waals surface area contributed by atoms with Gasteiger partial charge < -0.3 is 4.90 Å². The van der Waals surface area contributed by atoms with Crippen LogP contribution in [0, 0.1) is 11.8 Å². The number of rotatable bonds is 3. The molecule has 4 heterocycles. The molecule has 0 unspecified atom stereocenters. The number of hydrogen-bond acceptors (Lipinski definition) is 5. The Bertz CT molecular complexity index is 1220. The van der Waals surface area contributed by atoms with Gasteiger partial charge in [0.15, 0.2) is 5.78 Å². The van der Waals surface area contributed by atoms with Crippen LogP contribution in [0.4, 0.5) is 11.4 Å². The molecule has 168 valence electrons. The molecule has 3 amide bonds. The molecule has 0 radical (unpaired) electrons. The largest absolute Gasteiger partial charge is 0.310 e. The third-order valence-electron chi connectivity index (χ3n) is 7.99. The van der Waals surface area contributed by atoms with E-state index in [4.69, 9.17) is 0 Å². The van der Waals surface area contributed by atoms with Gasteiger partial charge in [0.1, 0.15) is 5.54 Å². The minimum atomic E-state index is -1.14. The Morgan fingerprint density at radius 3 is 2.45 bits per heavy atom. The maximum absolute atomic E-state index is 14.1. The van der Waals surface area contributed by atoms with Crippen LogP contribution in [0.15, 0.2) is 48.5 Å². The van der Waals surface area contributed by atoms with Crippen molar-refractivity contribution in [2.45, 2.75) is 38.3 Å². The molecule has 4 atom stereocenters. The highest BCUT2D eigenvalue weighted by Gasteiger charge is 2.75. The van der Waals surface area contributed by atoms with Crippen molar-refractivity contribution in [1.82, 2.24) is 4.90 Å².